The third-order valence-electron chi connectivity index (χ3n) is 3.71. The van der Waals surface area contributed by atoms with Crippen LogP contribution in [-0.4, -0.2) is 24.4 Å². The number of methoxy groups -OCH3 is 1. The minimum Gasteiger partial charge on any atom is -0.497 e. The molecule has 0 amide bonds. The van der Waals surface area contributed by atoms with Crippen molar-refractivity contribution in [1.29, 1.82) is 0 Å². The van der Waals surface area contributed by atoms with E-state index in [-0.39, 0.29) is 5.97 Å². The van der Waals surface area contributed by atoms with Crippen LogP contribution in [0.25, 0.3) is 0 Å². The molecule has 0 bridgehead atoms. The molecule has 4 nitrogen and oxygen atoms in total. The van der Waals surface area contributed by atoms with E-state index >= 15 is 0 Å². The van der Waals surface area contributed by atoms with Crippen molar-refractivity contribution < 1.29 is 14.3 Å². The van der Waals surface area contributed by atoms with E-state index in [9.17, 15) is 4.79 Å². The van der Waals surface area contributed by atoms with Crippen molar-refractivity contribution in [1.82, 2.24) is 0 Å². The molecule has 0 saturated heterocycles. The van der Waals surface area contributed by atoms with Gasteiger partial charge in [0.05, 0.1) is 19.2 Å². The summed E-state index contributed by atoms with van der Waals surface area (Å²) in [6.07, 6.45) is 0.810. The van der Waals surface area contributed by atoms with Gasteiger partial charge < -0.3 is 9.47 Å². The largest absolute Gasteiger partial charge is 0.497 e. The maximum Gasteiger partial charge on any atom is 0.306 e. The first-order valence-corrected chi connectivity index (χ1v) is 8.77. The molecule has 0 aliphatic carbocycles. The summed E-state index contributed by atoms with van der Waals surface area (Å²) in [5.74, 6) is 0.571. The molecule has 0 aliphatic heterocycles. The van der Waals surface area contributed by atoms with Gasteiger partial charge >= 0.3 is 5.97 Å². The Labute approximate surface area is 155 Å². The predicted molar refractivity (Wildman–Crippen MR) is 105 cm³/mol. The first-order valence-electron chi connectivity index (χ1n) is 8.77. The van der Waals surface area contributed by atoms with Crippen LogP contribution in [0.2, 0.25) is 0 Å². The van der Waals surface area contributed by atoms with Crippen LogP contribution >= 0.6 is 0 Å². The van der Waals surface area contributed by atoms with Gasteiger partial charge in [-0.25, -0.2) is 0 Å². The lowest BCUT2D eigenvalue weighted by Gasteiger charge is -2.19. The fraction of sp³-hybridized carbons (Fsp3) is 0.364. The number of rotatable bonds is 6. The highest BCUT2D eigenvalue weighted by atomic mass is 16.6. The maximum absolute atomic E-state index is 12.1. The molecule has 0 saturated carbocycles. The Morgan fingerprint density at radius 2 is 1.58 bits per heavy atom. The third kappa shape index (κ3) is 6.36. The highest BCUT2D eigenvalue weighted by Gasteiger charge is 2.17. The van der Waals surface area contributed by atoms with Gasteiger partial charge in [-0.2, -0.15) is 0 Å². The quantitative estimate of drug-likeness (QED) is 0.526. The van der Waals surface area contributed by atoms with Crippen LogP contribution in [0.5, 0.6) is 5.75 Å². The van der Waals surface area contributed by atoms with E-state index in [1.165, 1.54) is 5.56 Å². The molecule has 0 heterocycles. The Morgan fingerprint density at radius 3 is 2.12 bits per heavy atom. The summed E-state index contributed by atoms with van der Waals surface area (Å²) in [6, 6.07) is 15.7. The number of hydrogen-bond donors (Lipinski definition) is 0. The fourth-order valence-electron chi connectivity index (χ4n) is 2.44. The zero-order valence-electron chi connectivity index (χ0n) is 16.2. The third-order valence-corrected chi connectivity index (χ3v) is 3.71. The summed E-state index contributed by atoms with van der Waals surface area (Å²) in [6.45, 7) is 7.66. The molecule has 0 spiro atoms. The van der Waals surface area contributed by atoms with Gasteiger partial charge in [-0.1, -0.05) is 29.8 Å². The minimum atomic E-state index is -0.478. The molecule has 0 fully saturated rings. The molecule has 0 N–H and O–H groups in total. The fourth-order valence-corrected chi connectivity index (χ4v) is 2.44. The molecule has 4 heteroatoms. The molecular formula is C22H27NO3. The van der Waals surface area contributed by atoms with E-state index in [0.717, 1.165) is 22.7 Å². The second kappa shape index (κ2) is 8.65. The molecule has 26 heavy (non-hydrogen) atoms. The molecule has 2 rings (SSSR count). The van der Waals surface area contributed by atoms with Gasteiger partial charge in [-0.3, -0.25) is 9.79 Å². The van der Waals surface area contributed by atoms with Crippen molar-refractivity contribution in [3.05, 3.63) is 59.7 Å². The van der Waals surface area contributed by atoms with Crippen molar-refractivity contribution in [3.63, 3.8) is 0 Å². The lowest BCUT2D eigenvalue weighted by Crippen LogP contribution is -2.24. The lowest BCUT2D eigenvalue weighted by molar-refractivity contribution is -0.154. The van der Waals surface area contributed by atoms with E-state index in [1.807, 2.05) is 76.2 Å². The van der Waals surface area contributed by atoms with Crippen molar-refractivity contribution in [2.24, 2.45) is 4.99 Å². The normalized spacial score (nSPS) is 12.0. The molecule has 2 aromatic carbocycles. The summed E-state index contributed by atoms with van der Waals surface area (Å²) in [5, 5.41) is 0. The highest BCUT2D eigenvalue weighted by Crippen LogP contribution is 2.21. The summed E-state index contributed by atoms with van der Waals surface area (Å²) < 4.78 is 10.6. The Balaban J connectivity index is 2.22. The summed E-state index contributed by atoms with van der Waals surface area (Å²) >= 11 is 0. The topological polar surface area (TPSA) is 47.9 Å². The van der Waals surface area contributed by atoms with Crippen molar-refractivity contribution in [3.8, 4) is 5.75 Å². The number of benzene rings is 2. The first-order chi connectivity index (χ1) is 12.3. The number of nitrogens with zero attached hydrogens (tertiary/aromatic N) is 1. The monoisotopic (exact) mass is 353 g/mol. The Kier molecular flexibility index (Phi) is 6.56. The van der Waals surface area contributed by atoms with Crippen molar-refractivity contribution in [2.75, 3.05) is 7.11 Å². The Bertz CT molecular complexity index is 753. The van der Waals surface area contributed by atoms with Crippen LogP contribution in [0.4, 0.5) is 5.69 Å². The number of esters is 1. The van der Waals surface area contributed by atoms with Gasteiger partial charge in [0.1, 0.15) is 11.4 Å². The molecule has 0 unspecified atom stereocenters. The molecule has 0 radical (unpaired) electrons. The van der Waals surface area contributed by atoms with E-state index in [2.05, 4.69) is 0 Å². The number of aryl methyl sites for hydroxylation is 1. The van der Waals surface area contributed by atoms with E-state index in [4.69, 9.17) is 14.5 Å². The summed E-state index contributed by atoms with van der Waals surface area (Å²) in [7, 11) is 1.64. The van der Waals surface area contributed by atoms with E-state index in [1.54, 1.807) is 7.11 Å². The number of ether oxygens (including phenoxy) is 2. The lowest BCUT2D eigenvalue weighted by atomic mass is 10.0. The van der Waals surface area contributed by atoms with E-state index < -0.39 is 5.60 Å². The first kappa shape index (κ1) is 19.7. The van der Waals surface area contributed by atoms with Crippen LogP contribution in [-0.2, 0) is 9.53 Å². The second-order valence-electron chi connectivity index (χ2n) is 7.21. The number of hydrogen-bond acceptors (Lipinski definition) is 4. The Morgan fingerprint density at radius 1 is 0.962 bits per heavy atom. The zero-order chi connectivity index (χ0) is 19.2. The minimum absolute atomic E-state index is 0.216. The average Bonchev–Trinajstić information content (AvgIpc) is 2.58. The van der Waals surface area contributed by atoms with Gasteiger partial charge in [-0.15, -0.1) is 0 Å². The van der Waals surface area contributed by atoms with Crippen molar-refractivity contribution >= 4 is 17.4 Å². The van der Waals surface area contributed by atoms with Crippen LogP contribution in [0.3, 0.4) is 0 Å². The van der Waals surface area contributed by atoms with Crippen LogP contribution in [0.15, 0.2) is 53.5 Å². The summed E-state index contributed by atoms with van der Waals surface area (Å²) in [4.78, 5) is 16.8. The molecule has 2 aromatic rings. The highest BCUT2D eigenvalue weighted by molar-refractivity contribution is 6.03. The van der Waals surface area contributed by atoms with Crippen LogP contribution < -0.4 is 4.74 Å². The van der Waals surface area contributed by atoms with Gasteiger partial charge in [0.15, 0.2) is 0 Å². The van der Waals surface area contributed by atoms with Gasteiger partial charge in [-0.05, 0) is 57.5 Å². The molecule has 0 atom stereocenters. The molecule has 138 valence electrons. The van der Waals surface area contributed by atoms with Crippen molar-refractivity contribution in [2.45, 2.75) is 46.1 Å². The SMILES string of the molecule is COc1ccc(N=C(CCC(=O)OC(C)(C)C)c2ccc(C)cc2)cc1. The molecule has 0 aromatic heterocycles. The van der Waals surface area contributed by atoms with Gasteiger partial charge in [0.25, 0.3) is 0 Å². The standard InChI is InChI=1S/C22H27NO3/c1-16-6-8-17(9-7-16)20(14-15-21(24)26-22(2,3)4)23-18-10-12-19(25-5)13-11-18/h6-13H,14-15H2,1-5H3. The smallest absolute Gasteiger partial charge is 0.306 e. The average molecular weight is 353 g/mol. The number of carbonyl (C=O) groups is 1. The number of carbonyl (C=O) groups excluding carboxylic acids is 1. The Hall–Kier alpha value is -2.62. The maximum atomic E-state index is 12.1. The summed E-state index contributed by atoms with van der Waals surface area (Å²) in [5.41, 5.74) is 3.40. The predicted octanol–water partition coefficient (Wildman–Crippen LogP) is 5.25. The van der Waals surface area contributed by atoms with E-state index in [0.29, 0.717) is 12.8 Å². The second-order valence-corrected chi connectivity index (χ2v) is 7.21. The van der Waals surface area contributed by atoms with Gasteiger partial charge in [0, 0.05) is 12.1 Å². The van der Waals surface area contributed by atoms with Crippen LogP contribution in [0.1, 0.15) is 44.7 Å². The molecule has 0 aliphatic rings. The number of aliphatic imine (C=N–C) groups is 1. The molecular weight excluding hydrogens is 326 g/mol. The zero-order valence-corrected chi connectivity index (χ0v) is 16.2. The van der Waals surface area contributed by atoms with Gasteiger partial charge in [0.2, 0.25) is 0 Å². The van der Waals surface area contributed by atoms with Crippen LogP contribution in [0, 0.1) is 6.92 Å².